The number of carbonyl (C=O) groups excluding carboxylic acids is 2. The van der Waals surface area contributed by atoms with Crippen molar-refractivity contribution >= 4 is 35.2 Å². The Hall–Kier alpha value is -2.75. The van der Waals surface area contributed by atoms with Crippen LogP contribution in [0.3, 0.4) is 0 Å². The lowest BCUT2D eigenvalue weighted by Crippen LogP contribution is -2.43. The molecule has 1 N–H and O–H groups in total. The molecular formula is C23H25F3N4O2S. The number of urea groups is 1. The van der Waals surface area contributed by atoms with Gasteiger partial charge in [0, 0.05) is 23.7 Å². The Balaban J connectivity index is 1.52. The summed E-state index contributed by atoms with van der Waals surface area (Å²) in [6.07, 6.45) is 6.28. The van der Waals surface area contributed by atoms with E-state index in [4.69, 9.17) is 0 Å². The molecule has 1 aromatic carbocycles. The number of carbonyl (C=O) groups is 2. The van der Waals surface area contributed by atoms with Gasteiger partial charge in [-0.3, -0.25) is 4.79 Å². The van der Waals surface area contributed by atoms with Crippen LogP contribution in [0.25, 0.3) is 0 Å². The highest BCUT2D eigenvalue weighted by Crippen LogP contribution is 2.39. The first-order valence-electron chi connectivity index (χ1n) is 10.8. The topological polar surface area (TPSA) is 65.5 Å². The highest BCUT2D eigenvalue weighted by Gasteiger charge is 2.51. The minimum absolute atomic E-state index is 0.0134. The third-order valence-electron chi connectivity index (χ3n) is 6.02. The van der Waals surface area contributed by atoms with Gasteiger partial charge in [-0.15, -0.1) is 0 Å². The second kappa shape index (κ2) is 8.89. The average molecular weight is 479 g/mol. The molecular weight excluding hydrogens is 453 g/mol. The first-order chi connectivity index (χ1) is 15.5. The first-order valence-corrected chi connectivity index (χ1v) is 11.6. The molecule has 2 heterocycles. The predicted molar refractivity (Wildman–Crippen MR) is 121 cm³/mol. The van der Waals surface area contributed by atoms with E-state index in [9.17, 15) is 22.8 Å². The number of nitrogens with zero attached hydrogens (tertiary/aromatic N) is 3. The molecule has 2 fully saturated rings. The van der Waals surface area contributed by atoms with E-state index in [1.165, 1.54) is 42.0 Å². The van der Waals surface area contributed by atoms with Gasteiger partial charge in [0.2, 0.25) is 0 Å². The van der Waals surface area contributed by atoms with Crippen molar-refractivity contribution in [3.8, 4) is 0 Å². The molecule has 4 rings (SSSR count). The lowest BCUT2D eigenvalue weighted by Gasteiger charge is -2.28. The standard InChI is InChI=1S/C23H25F3N4O2S/c1-22(2)20(31)30(17-7-9-18(10-8-17)33-23(24,25)26)21(32)29(22)14-15-11-12-27-19(13-15)28-16-5-3-4-6-16/h7-13,16H,3-6,14H2,1-2H3,(H,27,28). The van der Waals surface area contributed by atoms with Crippen LogP contribution in [0.1, 0.15) is 45.1 Å². The molecule has 0 atom stereocenters. The molecule has 1 saturated heterocycles. The van der Waals surface area contributed by atoms with Crippen molar-refractivity contribution in [3.63, 3.8) is 0 Å². The molecule has 0 spiro atoms. The number of nitrogens with one attached hydrogen (secondary N) is 1. The smallest absolute Gasteiger partial charge is 0.367 e. The molecule has 2 aliphatic rings. The zero-order chi connectivity index (χ0) is 23.8. The maximum absolute atomic E-state index is 13.2. The predicted octanol–water partition coefficient (Wildman–Crippen LogP) is 5.80. The third kappa shape index (κ3) is 5.10. The summed E-state index contributed by atoms with van der Waals surface area (Å²) in [5, 5.41) is 3.43. The molecule has 2 aromatic rings. The maximum Gasteiger partial charge on any atom is 0.446 e. The number of imide groups is 1. The van der Waals surface area contributed by atoms with E-state index < -0.39 is 23.0 Å². The normalized spacial score (nSPS) is 18.9. The largest absolute Gasteiger partial charge is 0.446 e. The quantitative estimate of drug-likeness (QED) is 0.420. The molecule has 1 saturated carbocycles. The minimum Gasteiger partial charge on any atom is -0.367 e. The molecule has 0 radical (unpaired) electrons. The highest BCUT2D eigenvalue weighted by atomic mass is 32.2. The lowest BCUT2D eigenvalue weighted by atomic mass is 10.0. The fourth-order valence-electron chi connectivity index (χ4n) is 4.24. The number of alkyl halides is 3. The van der Waals surface area contributed by atoms with Crippen molar-refractivity contribution in [1.82, 2.24) is 9.88 Å². The number of anilines is 2. The maximum atomic E-state index is 13.2. The monoisotopic (exact) mass is 478 g/mol. The van der Waals surface area contributed by atoms with Crippen LogP contribution in [0, 0.1) is 0 Å². The van der Waals surface area contributed by atoms with Crippen molar-refractivity contribution in [2.75, 3.05) is 10.2 Å². The van der Waals surface area contributed by atoms with Crippen LogP contribution in [-0.2, 0) is 11.3 Å². The summed E-state index contributed by atoms with van der Waals surface area (Å²) in [4.78, 5) is 33.2. The van der Waals surface area contributed by atoms with Crippen LogP contribution < -0.4 is 10.2 Å². The zero-order valence-electron chi connectivity index (χ0n) is 18.4. The first kappa shape index (κ1) is 23.4. The van der Waals surface area contributed by atoms with Crippen LogP contribution >= 0.6 is 11.8 Å². The fraction of sp³-hybridized carbons (Fsp3) is 0.435. The van der Waals surface area contributed by atoms with Gasteiger partial charge < -0.3 is 10.2 Å². The van der Waals surface area contributed by atoms with E-state index in [1.807, 2.05) is 6.07 Å². The Morgan fingerprint density at radius 3 is 2.42 bits per heavy atom. The summed E-state index contributed by atoms with van der Waals surface area (Å²) in [6.45, 7) is 3.54. The van der Waals surface area contributed by atoms with Gasteiger partial charge in [-0.25, -0.2) is 14.7 Å². The van der Waals surface area contributed by atoms with Crippen LogP contribution in [0.15, 0.2) is 47.5 Å². The number of aromatic nitrogens is 1. The van der Waals surface area contributed by atoms with Gasteiger partial charge in [-0.05, 0) is 80.4 Å². The highest BCUT2D eigenvalue weighted by molar-refractivity contribution is 8.00. The Kier molecular flexibility index (Phi) is 6.30. The van der Waals surface area contributed by atoms with Crippen molar-refractivity contribution < 1.29 is 22.8 Å². The Morgan fingerprint density at radius 2 is 1.79 bits per heavy atom. The molecule has 1 aliphatic carbocycles. The van der Waals surface area contributed by atoms with Crippen LogP contribution in [0.2, 0.25) is 0 Å². The summed E-state index contributed by atoms with van der Waals surface area (Å²) in [5.41, 5.74) is -4.45. The van der Waals surface area contributed by atoms with Crippen LogP contribution in [-0.4, -0.2) is 38.9 Å². The number of thioether (sulfide) groups is 1. The van der Waals surface area contributed by atoms with Gasteiger partial charge in [0.05, 0.1) is 5.69 Å². The molecule has 0 unspecified atom stereocenters. The Morgan fingerprint density at radius 1 is 1.12 bits per heavy atom. The molecule has 33 heavy (non-hydrogen) atoms. The summed E-state index contributed by atoms with van der Waals surface area (Å²) in [6, 6.07) is 8.81. The minimum atomic E-state index is -4.41. The van der Waals surface area contributed by atoms with Crippen molar-refractivity contribution in [2.45, 2.75) is 68.1 Å². The number of rotatable bonds is 6. The zero-order valence-corrected chi connectivity index (χ0v) is 19.2. The van der Waals surface area contributed by atoms with Gasteiger partial charge in [-0.1, -0.05) is 12.8 Å². The molecule has 6 nitrogen and oxygen atoms in total. The van der Waals surface area contributed by atoms with Crippen molar-refractivity contribution in [1.29, 1.82) is 0 Å². The van der Waals surface area contributed by atoms with Gasteiger partial charge in [0.1, 0.15) is 11.4 Å². The Bertz CT molecular complexity index is 1040. The van der Waals surface area contributed by atoms with E-state index >= 15 is 0 Å². The average Bonchev–Trinajstić information content (AvgIpc) is 3.30. The molecule has 176 valence electrons. The Labute approximate surface area is 194 Å². The van der Waals surface area contributed by atoms with Gasteiger partial charge in [0.15, 0.2) is 0 Å². The number of benzene rings is 1. The number of hydrogen-bond donors (Lipinski definition) is 1. The molecule has 10 heteroatoms. The summed E-state index contributed by atoms with van der Waals surface area (Å²) in [7, 11) is 0. The number of halogens is 3. The van der Waals surface area contributed by atoms with Gasteiger partial charge in [0.25, 0.3) is 5.91 Å². The van der Waals surface area contributed by atoms with Crippen molar-refractivity contribution in [3.05, 3.63) is 48.2 Å². The number of pyridine rings is 1. The van der Waals surface area contributed by atoms with E-state index in [0.717, 1.165) is 29.1 Å². The summed E-state index contributed by atoms with van der Waals surface area (Å²) in [5.74, 6) is 0.312. The van der Waals surface area contributed by atoms with Gasteiger partial charge >= 0.3 is 11.5 Å². The SMILES string of the molecule is CC1(C)C(=O)N(c2ccc(SC(F)(F)F)cc2)C(=O)N1Cc1ccnc(NC2CCCC2)c1. The second-order valence-electron chi connectivity index (χ2n) is 8.79. The van der Waals surface area contributed by atoms with Crippen LogP contribution in [0.4, 0.5) is 29.5 Å². The van der Waals surface area contributed by atoms with Crippen LogP contribution in [0.5, 0.6) is 0 Å². The third-order valence-corrected chi connectivity index (χ3v) is 6.76. The van der Waals surface area contributed by atoms with E-state index in [-0.39, 0.29) is 28.9 Å². The number of amides is 3. The van der Waals surface area contributed by atoms with E-state index in [0.29, 0.717) is 6.04 Å². The second-order valence-corrected chi connectivity index (χ2v) is 9.92. The van der Waals surface area contributed by atoms with Gasteiger partial charge in [-0.2, -0.15) is 13.2 Å². The van der Waals surface area contributed by atoms with E-state index in [2.05, 4.69) is 10.3 Å². The summed E-state index contributed by atoms with van der Waals surface area (Å²) < 4.78 is 37.8. The molecule has 0 bridgehead atoms. The molecule has 1 aliphatic heterocycles. The number of hydrogen-bond acceptors (Lipinski definition) is 5. The molecule has 3 amide bonds. The van der Waals surface area contributed by atoms with E-state index in [1.54, 1.807) is 26.1 Å². The summed E-state index contributed by atoms with van der Waals surface area (Å²) >= 11 is -0.243. The fourth-order valence-corrected chi connectivity index (χ4v) is 4.78. The lowest BCUT2D eigenvalue weighted by molar-refractivity contribution is -0.123. The van der Waals surface area contributed by atoms with Crippen molar-refractivity contribution in [2.24, 2.45) is 0 Å². The molecule has 1 aromatic heterocycles.